The Kier molecular flexibility index (Phi) is 7.59. The van der Waals surface area contributed by atoms with Crippen molar-refractivity contribution in [1.82, 2.24) is 9.66 Å². The van der Waals surface area contributed by atoms with Gasteiger partial charge in [-0.3, -0.25) is 14.9 Å². The number of hydrogen-bond acceptors (Lipinski definition) is 8. The number of fused-ring (bicyclic) bond motifs is 1. The zero-order valence-corrected chi connectivity index (χ0v) is 20.9. The van der Waals surface area contributed by atoms with Gasteiger partial charge in [0.15, 0.2) is 6.10 Å². The molecule has 0 spiro atoms. The van der Waals surface area contributed by atoms with Gasteiger partial charge in [0.2, 0.25) is 5.75 Å². The summed E-state index contributed by atoms with van der Waals surface area (Å²) in [7, 11) is 0. The molecule has 1 aromatic heterocycles. The van der Waals surface area contributed by atoms with Gasteiger partial charge in [-0.2, -0.15) is 9.78 Å². The number of halogens is 2. The van der Waals surface area contributed by atoms with E-state index in [1.54, 1.807) is 32.0 Å². The molecule has 10 nitrogen and oxygen atoms in total. The Labute approximate surface area is 204 Å². The molecule has 3 rings (SSSR count). The molecule has 0 aliphatic rings. The number of nitrogens with zero attached hydrogens (tertiary/aromatic N) is 4. The second-order valence-corrected chi connectivity index (χ2v) is 8.57. The van der Waals surface area contributed by atoms with E-state index in [9.17, 15) is 19.7 Å². The molecule has 0 aliphatic carbocycles. The van der Waals surface area contributed by atoms with Gasteiger partial charge in [-0.15, -0.1) is 0 Å². The van der Waals surface area contributed by atoms with E-state index >= 15 is 0 Å². The first-order valence-corrected chi connectivity index (χ1v) is 11.3. The fourth-order valence-corrected chi connectivity index (χ4v) is 3.85. The molecular weight excluding hydrogens is 564 g/mol. The predicted octanol–water partition coefficient (Wildman–Crippen LogP) is 4.35. The SMILES string of the molecule is CCOC(=O)[C@H](C)Oc1c(Br)cc(C=Nn2c(C)nc3ccc(Br)cc3c2=O)cc1[N+](=O)[O-]. The van der Waals surface area contributed by atoms with Crippen molar-refractivity contribution >= 4 is 60.6 Å². The Morgan fingerprint density at radius 3 is 2.73 bits per heavy atom. The highest BCUT2D eigenvalue weighted by Crippen LogP contribution is 2.37. The lowest BCUT2D eigenvalue weighted by Gasteiger charge is -2.15. The molecule has 33 heavy (non-hydrogen) atoms. The highest BCUT2D eigenvalue weighted by atomic mass is 79.9. The number of carbonyl (C=O) groups is 1. The fourth-order valence-electron chi connectivity index (χ4n) is 2.93. The Morgan fingerprint density at radius 2 is 2.06 bits per heavy atom. The number of aryl methyl sites for hydroxylation is 1. The van der Waals surface area contributed by atoms with E-state index < -0.39 is 17.0 Å². The van der Waals surface area contributed by atoms with E-state index in [0.29, 0.717) is 22.3 Å². The molecule has 172 valence electrons. The van der Waals surface area contributed by atoms with Crippen LogP contribution in [0.3, 0.4) is 0 Å². The van der Waals surface area contributed by atoms with Crippen molar-refractivity contribution < 1.29 is 19.2 Å². The van der Waals surface area contributed by atoms with Gasteiger partial charge in [0.05, 0.1) is 33.1 Å². The van der Waals surface area contributed by atoms with Gasteiger partial charge in [0, 0.05) is 16.1 Å². The number of hydrogen-bond donors (Lipinski definition) is 0. The standard InChI is InChI=1S/C21H18Br2N4O6/c1-4-32-21(29)11(2)33-19-16(23)7-13(8-18(19)27(30)31)10-24-26-12(3)25-17-6-5-14(22)9-15(17)20(26)28/h5-11H,4H2,1-3H3/t11-/m0/s1. The molecule has 0 amide bonds. The van der Waals surface area contributed by atoms with Gasteiger partial charge in [-0.05, 0) is 61.0 Å². The predicted molar refractivity (Wildman–Crippen MR) is 129 cm³/mol. The van der Waals surface area contributed by atoms with Crippen LogP contribution in [-0.2, 0) is 9.53 Å². The Morgan fingerprint density at radius 1 is 1.33 bits per heavy atom. The normalized spacial score (nSPS) is 12.2. The quantitative estimate of drug-likeness (QED) is 0.176. The summed E-state index contributed by atoms with van der Waals surface area (Å²) in [4.78, 5) is 40.1. The third kappa shape index (κ3) is 5.45. The smallest absolute Gasteiger partial charge is 0.347 e. The van der Waals surface area contributed by atoms with Crippen molar-refractivity contribution in [2.24, 2.45) is 5.10 Å². The van der Waals surface area contributed by atoms with Gasteiger partial charge >= 0.3 is 11.7 Å². The van der Waals surface area contributed by atoms with Gasteiger partial charge in [0.25, 0.3) is 5.56 Å². The molecule has 0 unspecified atom stereocenters. The van der Waals surface area contributed by atoms with Crippen LogP contribution in [0, 0.1) is 17.0 Å². The highest BCUT2D eigenvalue weighted by Gasteiger charge is 2.25. The molecule has 0 aliphatic heterocycles. The lowest BCUT2D eigenvalue weighted by molar-refractivity contribution is -0.386. The Bertz CT molecular complexity index is 1340. The first kappa shape index (κ1) is 24.5. The van der Waals surface area contributed by atoms with Crippen LogP contribution in [0.4, 0.5) is 5.69 Å². The van der Waals surface area contributed by atoms with E-state index in [4.69, 9.17) is 9.47 Å². The van der Waals surface area contributed by atoms with Crippen LogP contribution in [-0.4, -0.2) is 39.5 Å². The van der Waals surface area contributed by atoms with Crippen molar-refractivity contribution in [2.75, 3.05) is 6.61 Å². The van der Waals surface area contributed by atoms with E-state index in [2.05, 4.69) is 41.9 Å². The summed E-state index contributed by atoms with van der Waals surface area (Å²) in [5.74, 6) is -0.416. The molecule has 0 fully saturated rings. The van der Waals surface area contributed by atoms with Crippen LogP contribution in [0.15, 0.2) is 49.2 Å². The number of benzene rings is 2. The first-order valence-electron chi connectivity index (χ1n) is 9.66. The molecule has 0 saturated carbocycles. The summed E-state index contributed by atoms with van der Waals surface area (Å²) in [6.45, 7) is 4.87. The summed E-state index contributed by atoms with van der Waals surface area (Å²) < 4.78 is 12.4. The molecule has 3 aromatic rings. The van der Waals surface area contributed by atoms with Crippen molar-refractivity contribution in [3.8, 4) is 5.75 Å². The number of esters is 1. The molecule has 0 saturated heterocycles. The van der Waals surface area contributed by atoms with Crippen LogP contribution < -0.4 is 10.3 Å². The molecule has 0 radical (unpaired) electrons. The van der Waals surface area contributed by atoms with Gasteiger partial charge in [-0.25, -0.2) is 9.78 Å². The molecular formula is C21H18Br2N4O6. The number of nitro benzene ring substituents is 1. The first-order chi connectivity index (χ1) is 15.6. The van der Waals surface area contributed by atoms with Crippen LogP contribution in [0.25, 0.3) is 10.9 Å². The summed E-state index contributed by atoms with van der Waals surface area (Å²) >= 11 is 6.58. The van der Waals surface area contributed by atoms with E-state index in [0.717, 1.165) is 9.15 Å². The maximum absolute atomic E-state index is 12.9. The molecule has 2 aromatic carbocycles. The van der Waals surface area contributed by atoms with Crippen LogP contribution in [0.2, 0.25) is 0 Å². The zero-order valence-electron chi connectivity index (χ0n) is 17.7. The molecule has 0 N–H and O–H groups in total. The summed E-state index contributed by atoms with van der Waals surface area (Å²) in [5.41, 5.74) is 0.0894. The average molecular weight is 582 g/mol. The number of carbonyl (C=O) groups excluding carboxylic acids is 1. The summed E-state index contributed by atoms with van der Waals surface area (Å²) in [6.07, 6.45) is 0.250. The van der Waals surface area contributed by atoms with Crippen LogP contribution >= 0.6 is 31.9 Å². The van der Waals surface area contributed by atoms with Crippen molar-refractivity contribution in [3.05, 3.63) is 71.1 Å². The number of rotatable bonds is 7. The molecule has 1 atom stereocenters. The van der Waals surface area contributed by atoms with E-state index in [1.165, 1.54) is 25.3 Å². The Balaban J connectivity index is 2.00. The lowest BCUT2D eigenvalue weighted by atomic mass is 10.2. The highest BCUT2D eigenvalue weighted by molar-refractivity contribution is 9.10. The minimum Gasteiger partial charge on any atom is -0.471 e. The van der Waals surface area contributed by atoms with Crippen molar-refractivity contribution in [1.29, 1.82) is 0 Å². The Hall–Kier alpha value is -3.12. The molecule has 1 heterocycles. The van der Waals surface area contributed by atoms with E-state index in [1.807, 2.05) is 0 Å². The minimum atomic E-state index is -1.05. The van der Waals surface area contributed by atoms with Gasteiger partial charge in [0.1, 0.15) is 5.82 Å². The van der Waals surface area contributed by atoms with Crippen LogP contribution in [0.5, 0.6) is 5.75 Å². The topological polar surface area (TPSA) is 126 Å². The summed E-state index contributed by atoms with van der Waals surface area (Å²) in [6, 6.07) is 7.90. The van der Waals surface area contributed by atoms with Crippen LogP contribution in [0.1, 0.15) is 25.2 Å². The average Bonchev–Trinajstić information content (AvgIpc) is 2.75. The minimum absolute atomic E-state index is 0.122. The van der Waals surface area contributed by atoms with Gasteiger partial charge in [-0.1, -0.05) is 15.9 Å². The number of aromatic nitrogens is 2. The summed E-state index contributed by atoms with van der Waals surface area (Å²) in [5, 5.41) is 16.2. The van der Waals surface area contributed by atoms with E-state index in [-0.39, 0.29) is 28.1 Å². The largest absolute Gasteiger partial charge is 0.471 e. The second kappa shape index (κ2) is 10.2. The number of ether oxygens (including phenoxy) is 2. The second-order valence-electron chi connectivity index (χ2n) is 6.80. The van der Waals surface area contributed by atoms with Crippen molar-refractivity contribution in [3.63, 3.8) is 0 Å². The molecule has 0 bridgehead atoms. The number of nitro groups is 1. The lowest BCUT2D eigenvalue weighted by Crippen LogP contribution is -2.26. The van der Waals surface area contributed by atoms with Crippen molar-refractivity contribution in [2.45, 2.75) is 26.9 Å². The zero-order chi connectivity index (χ0) is 24.3. The third-order valence-corrected chi connectivity index (χ3v) is 5.53. The monoisotopic (exact) mass is 580 g/mol. The maximum Gasteiger partial charge on any atom is 0.347 e. The van der Waals surface area contributed by atoms with Gasteiger partial charge < -0.3 is 9.47 Å². The molecule has 12 heteroatoms. The fraction of sp³-hybridized carbons (Fsp3) is 0.238. The maximum atomic E-state index is 12.9. The third-order valence-electron chi connectivity index (χ3n) is 4.45.